The van der Waals surface area contributed by atoms with Crippen LogP contribution in [0.1, 0.15) is 25.3 Å². The first-order chi connectivity index (χ1) is 9.32. The van der Waals surface area contributed by atoms with E-state index in [1.54, 1.807) is 13.8 Å². The van der Waals surface area contributed by atoms with Crippen LogP contribution in [0.5, 0.6) is 0 Å². The van der Waals surface area contributed by atoms with E-state index < -0.39 is 17.1 Å². The molecule has 1 N–H and O–H groups in total. The lowest BCUT2D eigenvalue weighted by Crippen LogP contribution is -2.36. The van der Waals surface area contributed by atoms with E-state index >= 15 is 0 Å². The second-order valence-electron chi connectivity index (χ2n) is 4.55. The Morgan fingerprint density at radius 1 is 1.35 bits per heavy atom. The molecular weight excluding hydrogens is 351 g/mol. The van der Waals surface area contributed by atoms with E-state index in [9.17, 15) is 14.0 Å². The second kappa shape index (κ2) is 5.54. The minimum atomic E-state index is -0.712. The number of H-pyrrole nitrogens is 1. The van der Waals surface area contributed by atoms with Crippen LogP contribution in [0.4, 0.5) is 4.39 Å². The lowest BCUT2D eigenvalue weighted by molar-refractivity contribution is 0.625. The van der Waals surface area contributed by atoms with Gasteiger partial charge in [0.05, 0.1) is 11.3 Å². The maximum atomic E-state index is 13.4. The first kappa shape index (κ1) is 15.0. The summed E-state index contributed by atoms with van der Waals surface area (Å²) >= 11 is 9.11. The molecule has 4 nitrogen and oxygen atoms in total. The number of nitrogens with zero attached hydrogens (tertiary/aromatic N) is 1. The Bertz CT molecular complexity index is 783. The summed E-state index contributed by atoms with van der Waals surface area (Å²) < 4.78 is 14.7. The average molecular weight is 362 g/mol. The molecule has 106 valence electrons. The summed E-state index contributed by atoms with van der Waals surface area (Å²) in [5.41, 5.74) is -0.854. The molecule has 0 saturated heterocycles. The molecule has 0 spiro atoms. The fraction of sp³-hybridized carbons (Fsp3) is 0.231. The third-order valence-electron chi connectivity index (χ3n) is 2.82. The first-order valence-corrected chi connectivity index (χ1v) is 7.00. The van der Waals surface area contributed by atoms with Gasteiger partial charge in [0, 0.05) is 4.47 Å². The van der Waals surface area contributed by atoms with Gasteiger partial charge >= 0.3 is 5.69 Å². The summed E-state index contributed by atoms with van der Waals surface area (Å²) in [5.74, 6) is -0.721. The molecule has 0 saturated carbocycles. The number of benzene rings is 1. The Hall–Kier alpha value is -1.40. The number of rotatable bonds is 2. The van der Waals surface area contributed by atoms with Crippen molar-refractivity contribution < 1.29 is 4.39 Å². The zero-order valence-electron chi connectivity index (χ0n) is 10.7. The highest BCUT2D eigenvalue weighted by Crippen LogP contribution is 2.22. The van der Waals surface area contributed by atoms with E-state index in [0.717, 1.165) is 10.6 Å². The van der Waals surface area contributed by atoms with Gasteiger partial charge in [-0.15, -0.1) is 0 Å². The minimum absolute atomic E-state index is 0.0128. The molecule has 0 bridgehead atoms. The predicted molar refractivity (Wildman–Crippen MR) is 79.4 cm³/mol. The molecule has 0 atom stereocenters. The van der Waals surface area contributed by atoms with Crippen LogP contribution in [0, 0.1) is 5.82 Å². The molecule has 2 rings (SSSR count). The molecule has 0 aliphatic carbocycles. The predicted octanol–water partition coefficient (Wildman–Crippen LogP) is 3.20. The Labute approximate surface area is 127 Å². The lowest BCUT2D eigenvalue weighted by Gasteiger charge is -2.12. The molecule has 0 unspecified atom stereocenters. The normalized spacial score (nSPS) is 11.1. The zero-order chi connectivity index (χ0) is 15.0. The fourth-order valence-electron chi connectivity index (χ4n) is 1.90. The highest BCUT2D eigenvalue weighted by molar-refractivity contribution is 9.10. The van der Waals surface area contributed by atoms with Crippen LogP contribution in [-0.4, -0.2) is 9.55 Å². The fourth-order valence-corrected chi connectivity index (χ4v) is 2.70. The first-order valence-electron chi connectivity index (χ1n) is 5.83. The molecule has 2 aromatic rings. The molecule has 0 radical (unpaired) electrons. The zero-order valence-corrected chi connectivity index (χ0v) is 13.0. The van der Waals surface area contributed by atoms with Crippen molar-refractivity contribution in [3.05, 3.63) is 60.0 Å². The van der Waals surface area contributed by atoms with E-state index in [1.807, 2.05) is 0 Å². The van der Waals surface area contributed by atoms with Crippen molar-refractivity contribution in [2.75, 3.05) is 0 Å². The van der Waals surface area contributed by atoms with Gasteiger partial charge < -0.3 is 0 Å². The largest absolute Gasteiger partial charge is 0.334 e. The third kappa shape index (κ3) is 2.58. The van der Waals surface area contributed by atoms with Crippen molar-refractivity contribution in [1.82, 2.24) is 9.55 Å². The molecule has 0 aliphatic rings. The lowest BCUT2D eigenvalue weighted by atomic mass is 10.1. The average Bonchev–Trinajstić information content (AvgIpc) is 2.32. The molecule has 1 aromatic carbocycles. The van der Waals surface area contributed by atoms with Crippen LogP contribution in [-0.2, 0) is 0 Å². The highest BCUT2D eigenvalue weighted by Gasteiger charge is 2.18. The van der Waals surface area contributed by atoms with Gasteiger partial charge in [0.15, 0.2) is 0 Å². The number of nitrogens with one attached hydrogen (secondary N) is 1. The second-order valence-corrected chi connectivity index (χ2v) is 5.78. The van der Waals surface area contributed by atoms with Crippen molar-refractivity contribution in [3.63, 3.8) is 0 Å². The van der Waals surface area contributed by atoms with Gasteiger partial charge in [-0.2, -0.15) is 0 Å². The van der Waals surface area contributed by atoms with Crippen molar-refractivity contribution in [1.29, 1.82) is 0 Å². The molecule has 1 aromatic heterocycles. The number of hydrogen-bond acceptors (Lipinski definition) is 2. The van der Waals surface area contributed by atoms with Crippen molar-refractivity contribution in [3.8, 4) is 5.69 Å². The summed E-state index contributed by atoms with van der Waals surface area (Å²) in [5, 5.41) is 0.0128. The summed E-state index contributed by atoms with van der Waals surface area (Å²) in [6.45, 7) is 3.57. The quantitative estimate of drug-likeness (QED) is 0.835. The minimum Gasteiger partial charge on any atom is -0.297 e. The van der Waals surface area contributed by atoms with Gasteiger partial charge in [-0.05, 0) is 40.0 Å². The summed E-state index contributed by atoms with van der Waals surface area (Å²) in [6, 6.07) is 3.77. The number of aromatic amines is 1. The van der Waals surface area contributed by atoms with Crippen LogP contribution < -0.4 is 11.2 Å². The Kier molecular flexibility index (Phi) is 4.15. The smallest absolute Gasteiger partial charge is 0.297 e. The summed E-state index contributed by atoms with van der Waals surface area (Å²) in [6.07, 6.45) is 0. The molecule has 1 heterocycles. The van der Waals surface area contributed by atoms with Crippen molar-refractivity contribution in [2.24, 2.45) is 0 Å². The number of aromatic nitrogens is 2. The van der Waals surface area contributed by atoms with E-state index in [0.29, 0.717) is 4.47 Å². The molecule has 0 aliphatic heterocycles. The van der Waals surface area contributed by atoms with Gasteiger partial charge in [-0.1, -0.05) is 25.4 Å². The molecule has 0 fully saturated rings. The van der Waals surface area contributed by atoms with Crippen molar-refractivity contribution >= 4 is 27.5 Å². The Morgan fingerprint density at radius 2 is 2.00 bits per heavy atom. The Balaban J connectivity index is 2.88. The third-order valence-corrected chi connectivity index (χ3v) is 3.78. The highest BCUT2D eigenvalue weighted by atomic mass is 79.9. The summed E-state index contributed by atoms with van der Waals surface area (Å²) in [4.78, 5) is 26.8. The van der Waals surface area contributed by atoms with E-state index in [1.165, 1.54) is 12.1 Å². The molecule has 20 heavy (non-hydrogen) atoms. The maximum Gasteiger partial charge on any atom is 0.334 e. The van der Waals surface area contributed by atoms with Crippen LogP contribution in [0.2, 0.25) is 5.15 Å². The van der Waals surface area contributed by atoms with Gasteiger partial charge in [0.2, 0.25) is 0 Å². The van der Waals surface area contributed by atoms with E-state index in [2.05, 4.69) is 20.9 Å². The SMILES string of the molecule is CC(C)c1c(Cl)[nH]c(=O)n(-c2cc(F)ccc2Br)c1=O. The van der Waals surface area contributed by atoms with Gasteiger partial charge in [-0.3, -0.25) is 9.78 Å². The van der Waals surface area contributed by atoms with Crippen LogP contribution in [0.3, 0.4) is 0 Å². The molecule has 7 heteroatoms. The maximum absolute atomic E-state index is 13.4. The standard InChI is InChI=1S/C13H11BrClFN2O2/c1-6(2)10-11(15)17-13(20)18(12(10)19)9-5-7(16)3-4-8(9)14/h3-6H,1-2H3,(H,17,20). The molecular formula is C13H11BrClFN2O2. The topological polar surface area (TPSA) is 54.9 Å². The van der Waals surface area contributed by atoms with Crippen LogP contribution >= 0.6 is 27.5 Å². The monoisotopic (exact) mass is 360 g/mol. The van der Waals surface area contributed by atoms with E-state index in [4.69, 9.17) is 11.6 Å². The summed E-state index contributed by atoms with van der Waals surface area (Å²) in [7, 11) is 0. The number of hydrogen-bond donors (Lipinski definition) is 1. The van der Waals surface area contributed by atoms with Gasteiger partial charge in [0.1, 0.15) is 11.0 Å². The Morgan fingerprint density at radius 3 is 2.60 bits per heavy atom. The van der Waals surface area contributed by atoms with Gasteiger partial charge in [-0.25, -0.2) is 13.8 Å². The van der Waals surface area contributed by atoms with Crippen LogP contribution in [0.25, 0.3) is 5.69 Å². The molecule has 0 amide bonds. The van der Waals surface area contributed by atoms with E-state index in [-0.39, 0.29) is 22.3 Å². The van der Waals surface area contributed by atoms with Gasteiger partial charge in [0.25, 0.3) is 5.56 Å². The number of halogens is 3. The van der Waals surface area contributed by atoms with Crippen molar-refractivity contribution in [2.45, 2.75) is 19.8 Å². The van der Waals surface area contributed by atoms with Crippen LogP contribution in [0.15, 0.2) is 32.3 Å².